The highest BCUT2D eigenvalue weighted by Crippen LogP contribution is 1.92. The molecule has 0 aromatic carbocycles. The van der Waals surface area contributed by atoms with Crippen LogP contribution in [0.3, 0.4) is 0 Å². The Morgan fingerprint density at radius 2 is 2.29 bits per heavy atom. The van der Waals surface area contributed by atoms with Crippen molar-refractivity contribution < 1.29 is 0 Å². The van der Waals surface area contributed by atoms with Crippen molar-refractivity contribution in [3.63, 3.8) is 0 Å². The smallest absolute Gasteiger partial charge is 0.0762 e. The van der Waals surface area contributed by atoms with Gasteiger partial charge in [-0.3, -0.25) is 4.68 Å². The molecule has 0 aliphatic carbocycles. The number of hydrogen-bond donors (Lipinski definition) is 1. The molecule has 0 aliphatic rings. The zero-order valence-corrected chi connectivity index (χ0v) is 9.32. The fraction of sp³-hybridized carbons (Fsp3) is 0.700. The molecule has 0 radical (unpaired) electrons. The van der Waals surface area contributed by atoms with Crippen LogP contribution in [0, 0.1) is 0 Å². The number of rotatable bonds is 6. The minimum absolute atomic E-state index is 0.869. The summed E-state index contributed by atoms with van der Waals surface area (Å²) in [5.41, 5.74) is 1.11. The zero-order chi connectivity index (χ0) is 10.4. The number of hydrogen-bond acceptors (Lipinski definition) is 3. The lowest BCUT2D eigenvalue weighted by atomic mass is 10.4. The van der Waals surface area contributed by atoms with Crippen molar-refractivity contribution in [1.29, 1.82) is 0 Å². The van der Waals surface area contributed by atoms with E-state index in [1.165, 1.54) is 6.42 Å². The van der Waals surface area contributed by atoms with E-state index < -0.39 is 0 Å². The third kappa shape index (κ3) is 4.39. The van der Waals surface area contributed by atoms with Crippen molar-refractivity contribution in [2.75, 3.05) is 27.2 Å². The topological polar surface area (TPSA) is 33.1 Å². The van der Waals surface area contributed by atoms with Crippen LogP contribution >= 0.6 is 0 Å². The fourth-order valence-electron chi connectivity index (χ4n) is 1.29. The lowest BCUT2D eigenvalue weighted by molar-refractivity contribution is 0.394. The SMILES string of the molecule is CN(C)CCCNCc1ccn(C)n1. The van der Waals surface area contributed by atoms with Crippen molar-refractivity contribution in [2.45, 2.75) is 13.0 Å². The van der Waals surface area contributed by atoms with Crippen LogP contribution in [0.4, 0.5) is 0 Å². The predicted molar refractivity (Wildman–Crippen MR) is 58.1 cm³/mol. The predicted octanol–water partition coefficient (Wildman–Crippen LogP) is 0.461. The molecular formula is C10H20N4. The standard InChI is InChI=1S/C10H20N4/c1-13(2)7-4-6-11-9-10-5-8-14(3)12-10/h5,8,11H,4,6-7,9H2,1-3H3. The number of nitrogens with zero attached hydrogens (tertiary/aromatic N) is 3. The maximum absolute atomic E-state index is 4.29. The normalized spacial score (nSPS) is 11.1. The molecule has 0 atom stereocenters. The van der Waals surface area contributed by atoms with Crippen molar-refractivity contribution in [3.8, 4) is 0 Å². The molecule has 0 unspecified atom stereocenters. The minimum Gasteiger partial charge on any atom is -0.311 e. The summed E-state index contributed by atoms with van der Waals surface area (Å²) in [7, 11) is 6.13. The first-order chi connectivity index (χ1) is 6.68. The summed E-state index contributed by atoms with van der Waals surface area (Å²) in [6.45, 7) is 3.05. The minimum atomic E-state index is 0.869. The Labute approximate surface area is 85.9 Å². The summed E-state index contributed by atoms with van der Waals surface area (Å²) in [6.07, 6.45) is 3.15. The van der Waals surface area contributed by atoms with E-state index in [4.69, 9.17) is 0 Å². The molecule has 4 heteroatoms. The number of nitrogens with one attached hydrogen (secondary N) is 1. The Hall–Kier alpha value is -0.870. The van der Waals surface area contributed by atoms with Gasteiger partial charge in [0, 0.05) is 19.8 Å². The van der Waals surface area contributed by atoms with Crippen LogP contribution in [0.2, 0.25) is 0 Å². The van der Waals surface area contributed by atoms with E-state index >= 15 is 0 Å². The zero-order valence-electron chi connectivity index (χ0n) is 9.32. The molecule has 1 aromatic rings. The molecule has 0 saturated carbocycles. The third-order valence-electron chi connectivity index (χ3n) is 2.03. The Morgan fingerprint density at radius 1 is 1.50 bits per heavy atom. The highest BCUT2D eigenvalue weighted by Gasteiger charge is 1.95. The van der Waals surface area contributed by atoms with Crippen LogP contribution in [0.1, 0.15) is 12.1 Å². The van der Waals surface area contributed by atoms with Crippen LogP contribution in [-0.4, -0.2) is 41.9 Å². The molecule has 1 heterocycles. The van der Waals surface area contributed by atoms with E-state index in [1.54, 1.807) is 0 Å². The van der Waals surface area contributed by atoms with Gasteiger partial charge in [0.2, 0.25) is 0 Å². The molecule has 0 fully saturated rings. The van der Waals surface area contributed by atoms with Crippen LogP contribution < -0.4 is 5.32 Å². The first-order valence-corrected chi connectivity index (χ1v) is 5.02. The second kappa shape index (κ2) is 5.78. The van der Waals surface area contributed by atoms with E-state index in [9.17, 15) is 0 Å². The van der Waals surface area contributed by atoms with Gasteiger partial charge in [0.05, 0.1) is 5.69 Å². The molecule has 1 aromatic heterocycles. The first-order valence-electron chi connectivity index (χ1n) is 5.02. The monoisotopic (exact) mass is 196 g/mol. The molecule has 0 bridgehead atoms. The van der Waals surface area contributed by atoms with E-state index in [2.05, 4.69) is 29.4 Å². The molecule has 14 heavy (non-hydrogen) atoms. The summed E-state index contributed by atoms with van der Waals surface area (Å²) < 4.78 is 1.83. The summed E-state index contributed by atoms with van der Waals surface area (Å²) in [4.78, 5) is 2.20. The summed E-state index contributed by atoms with van der Waals surface area (Å²) in [5.74, 6) is 0. The largest absolute Gasteiger partial charge is 0.311 e. The lowest BCUT2D eigenvalue weighted by Gasteiger charge is -2.08. The van der Waals surface area contributed by atoms with Crippen molar-refractivity contribution in [3.05, 3.63) is 18.0 Å². The second-order valence-corrected chi connectivity index (χ2v) is 3.81. The molecular weight excluding hydrogens is 176 g/mol. The highest BCUT2D eigenvalue weighted by atomic mass is 15.3. The van der Waals surface area contributed by atoms with Crippen LogP contribution in [0.25, 0.3) is 0 Å². The van der Waals surface area contributed by atoms with Crippen molar-refractivity contribution in [2.24, 2.45) is 7.05 Å². The quantitative estimate of drug-likeness (QED) is 0.671. The average molecular weight is 196 g/mol. The van der Waals surface area contributed by atoms with Gasteiger partial charge in [-0.25, -0.2) is 0 Å². The van der Waals surface area contributed by atoms with Gasteiger partial charge >= 0.3 is 0 Å². The summed E-state index contributed by atoms with van der Waals surface area (Å²) in [6, 6.07) is 2.04. The Balaban J connectivity index is 2.04. The van der Waals surface area contributed by atoms with Crippen molar-refractivity contribution >= 4 is 0 Å². The molecule has 0 spiro atoms. The number of aryl methyl sites for hydroxylation is 1. The third-order valence-corrected chi connectivity index (χ3v) is 2.03. The van der Waals surface area contributed by atoms with Crippen molar-refractivity contribution in [1.82, 2.24) is 20.0 Å². The molecule has 0 aliphatic heterocycles. The first kappa shape index (κ1) is 11.2. The van der Waals surface area contributed by atoms with E-state index in [0.29, 0.717) is 0 Å². The Kier molecular flexibility index (Phi) is 4.62. The van der Waals surface area contributed by atoms with Gasteiger partial charge in [-0.05, 0) is 39.7 Å². The van der Waals surface area contributed by atoms with Gasteiger partial charge in [0.1, 0.15) is 0 Å². The van der Waals surface area contributed by atoms with Gasteiger partial charge in [-0.1, -0.05) is 0 Å². The average Bonchev–Trinajstić information content (AvgIpc) is 2.50. The summed E-state index contributed by atoms with van der Waals surface area (Å²) >= 11 is 0. The van der Waals surface area contributed by atoms with Crippen LogP contribution in [-0.2, 0) is 13.6 Å². The maximum atomic E-state index is 4.29. The lowest BCUT2D eigenvalue weighted by Crippen LogP contribution is -2.21. The summed E-state index contributed by atoms with van der Waals surface area (Å²) in [5, 5.41) is 7.66. The Bertz CT molecular complexity index is 254. The second-order valence-electron chi connectivity index (χ2n) is 3.81. The van der Waals surface area contributed by atoms with E-state index in [1.807, 2.05) is 24.0 Å². The van der Waals surface area contributed by atoms with Gasteiger partial charge in [0.15, 0.2) is 0 Å². The number of aromatic nitrogens is 2. The van der Waals surface area contributed by atoms with Crippen LogP contribution in [0.5, 0.6) is 0 Å². The van der Waals surface area contributed by atoms with E-state index in [-0.39, 0.29) is 0 Å². The Morgan fingerprint density at radius 3 is 2.86 bits per heavy atom. The highest BCUT2D eigenvalue weighted by molar-refractivity contribution is 4.97. The van der Waals surface area contributed by atoms with Gasteiger partial charge < -0.3 is 10.2 Å². The molecule has 80 valence electrons. The molecule has 0 amide bonds. The molecule has 4 nitrogen and oxygen atoms in total. The van der Waals surface area contributed by atoms with Gasteiger partial charge in [-0.2, -0.15) is 5.10 Å². The van der Waals surface area contributed by atoms with Gasteiger partial charge in [0.25, 0.3) is 0 Å². The molecule has 1 rings (SSSR count). The van der Waals surface area contributed by atoms with E-state index in [0.717, 1.165) is 25.3 Å². The van der Waals surface area contributed by atoms with Crippen LogP contribution in [0.15, 0.2) is 12.3 Å². The maximum Gasteiger partial charge on any atom is 0.0762 e. The van der Waals surface area contributed by atoms with Gasteiger partial charge in [-0.15, -0.1) is 0 Å². The molecule has 1 N–H and O–H groups in total. The molecule has 0 saturated heterocycles. The fourth-order valence-corrected chi connectivity index (χ4v) is 1.29.